The van der Waals surface area contributed by atoms with Crippen LogP contribution in [0.3, 0.4) is 0 Å². The van der Waals surface area contributed by atoms with Gasteiger partial charge in [-0.15, -0.1) is 11.6 Å². The third-order valence-corrected chi connectivity index (χ3v) is 4.11. The summed E-state index contributed by atoms with van der Waals surface area (Å²) in [6.07, 6.45) is 6.44. The molecule has 0 radical (unpaired) electrons. The number of rotatable bonds is 3. The van der Waals surface area contributed by atoms with Crippen LogP contribution in [0.2, 0.25) is 0 Å². The molecule has 0 saturated heterocycles. The number of alkyl halides is 1. The molecule has 2 unspecified atom stereocenters. The topological polar surface area (TPSA) is 22.1 Å². The number of hydrogen-bond donors (Lipinski definition) is 0. The van der Waals surface area contributed by atoms with Gasteiger partial charge >= 0.3 is 0 Å². The highest BCUT2D eigenvalue weighted by atomic mass is 35.5. The van der Waals surface area contributed by atoms with Crippen LogP contribution >= 0.6 is 11.6 Å². The summed E-state index contributed by atoms with van der Waals surface area (Å²) in [5.74, 6) is 1.67. The summed E-state index contributed by atoms with van der Waals surface area (Å²) < 4.78 is 5.44. The molecule has 0 bridgehead atoms. The predicted octanol–water partition coefficient (Wildman–Crippen LogP) is 3.66. The molecule has 3 heteroatoms. The molecule has 94 valence electrons. The average molecular weight is 254 g/mol. The summed E-state index contributed by atoms with van der Waals surface area (Å²) in [6, 6.07) is 0. The second kappa shape index (κ2) is 5.26. The van der Waals surface area contributed by atoms with Gasteiger partial charge in [0.25, 0.3) is 0 Å². The van der Waals surface area contributed by atoms with Gasteiger partial charge in [-0.2, -0.15) is 0 Å². The Morgan fingerprint density at radius 2 is 2.18 bits per heavy atom. The summed E-state index contributed by atoms with van der Waals surface area (Å²) in [5, 5.41) is 0.368. The predicted molar refractivity (Wildman–Crippen MR) is 70.9 cm³/mol. The van der Waals surface area contributed by atoms with Crippen molar-refractivity contribution in [3.8, 4) is 5.75 Å². The van der Waals surface area contributed by atoms with Gasteiger partial charge in [-0.25, -0.2) is 0 Å². The number of nitrogens with zero attached hydrogens (tertiary/aromatic N) is 1. The zero-order chi connectivity index (χ0) is 12.4. The van der Waals surface area contributed by atoms with E-state index in [-0.39, 0.29) is 0 Å². The number of hydrogen-bond acceptors (Lipinski definition) is 2. The monoisotopic (exact) mass is 253 g/mol. The number of pyridine rings is 1. The Morgan fingerprint density at radius 1 is 1.41 bits per heavy atom. The largest absolute Gasteiger partial charge is 0.496 e. The lowest BCUT2D eigenvalue weighted by Crippen LogP contribution is -2.06. The van der Waals surface area contributed by atoms with Crippen LogP contribution < -0.4 is 4.74 Å². The number of aryl methyl sites for hydroxylation is 1. The Balaban J connectivity index is 2.16. The van der Waals surface area contributed by atoms with Gasteiger partial charge < -0.3 is 4.74 Å². The van der Waals surface area contributed by atoms with Gasteiger partial charge in [0.1, 0.15) is 5.75 Å². The van der Waals surface area contributed by atoms with Gasteiger partial charge in [0, 0.05) is 28.4 Å². The molecule has 0 aromatic carbocycles. The molecule has 0 spiro atoms. The van der Waals surface area contributed by atoms with Crippen molar-refractivity contribution >= 4 is 11.6 Å². The van der Waals surface area contributed by atoms with Crippen LogP contribution in [-0.4, -0.2) is 17.5 Å². The standard InChI is InChI=1S/C14H20ClNO/c1-9-8-16-13(10(2)14(9)17-3)7-11-4-5-12(15)6-11/h8,11-12H,4-7H2,1-3H3. The lowest BCUT2D eigenvalue weighted by atomic mass is 9.98. The molecule has 1 heterocycles. The highest BCUT2D eigenvalue weighted by Gasteiger charge is 2.24. The van der Waals surface area contributed by atoms with Crippen molar-refractivity contribution < 1.29 is 4.74 Å². The third-order valence-electron chi connectivity index (χ3n) is 3.71. The molecule has 1 aliphatic rings. The Hall–Kier alpha value is -0.760. The maximum Gasteiger partial charge on any atom is 0.128 e. The Morgan fingerprint density at radius 3 is 2.76 bits per heavy atom. The number of ether oxygens (including phenoxy) is 1. The Bertz CT molecular complexity index is 405. The molecule has 1 aliphatic carbocycles. The summed E-state index contributed by atoms with van der Waals surface area (Å²) in [5.41, 5.74) is 3.46. The molecule has 1 saturated carbocycles. The lowest BCUT2D eigenvalue weighted by molar-refractivity contribution is 0.405. The van der Waals surface area contributed by atoms with Crippen LogP contribution in [0.5, 0.6) is 5.75 Å². The summed E-state index contributed by atoms with van der Waals surface area (Å²) in [4.78, 5) is 4.55. The highest BCUT2D eigenvalue weighted by molar-refractivity contribution is 6.20. The van der Waals surface area contributed by atoms with Crippen LogP contribution in [0.15, 0.2) is 6.20 Å². The fraction of sp³-hybridized carbons (Fsp3) is 0.643. The van der Waals surface area contributed by atoms with E-state index in [4.69, 9.17) is 16.3 Å². The quantitative estimate of drug-likeness (QED) is 0.767. The molecule has 0 aliphatic heterocycles. The smallest absolute Gasteiger partial charge is 0.128 e. The van der Waals surface area contributed by atoms with E-state index in [9.17, 15) is 0 Å². The molecule has 17 heavy (non-hydrogen) atoms. The van der Waals surface area contributed by atoms with E-state index in [1.165, 1.54) is 17.7 Å². The van der Waals surface area contributed by atoms with E-state index in [0.29, 0.717) is 11.3 Å². The minimum absolute atomic E-state index is 0.368. The van der Waals surface area contributed by atoms with Crippen molar-refractivity contribution in [3.05, 3.63) is 23.0 Å². The summed E-state index contributed by atoms with van der Waals surface area (Å²) in [6.45, 7) is 4.13. The van der Waals surface area contributed by atoms with Crippen molar-refractivity contribution in [2.45, 2.75) is 44.9 Å². The minimum atomic E-state index is 0.368. The number of halogens is 1. The maximum atomic E-state index is 6.15. The van der Waals surface area contributed by atoms with E-state index in [2.05, 4.69) is 11.9 Å². The molecular weight excluding hydrogens is 234 g/mol. The molecule has 1 aromatic heterocycles. The second-order valence-corrected chi connectivity index (χ2v) is 5.64. The van der Waals surface area contributed by atoms with Gasteiger partial charge in [0.2, 0.25) is 0 Å². The van der Waals surface area contributed by atoms with Crippen molar-refractivity contribution in [2.24, 2.45) is 5.92 Å². The summed E-state index contributed by atoms with van der Waals surface area (Å²) >= 11 is 6.15. The number of methoxy groups -OCH3 is 1. The van der Waals surface area contributed by atoms with Gasteiger partial charge in [-0.05, 0) is 45.4 Å². The molecular formula is C14H20ClNO. The fourth-order valence-electron chi connectivity index (χ4n) is 2.75. The van der Waals surface area contributed by atoms with Crippen molar-refractivity contribution in [1.82, 2.24) is 4.98 Å². The zero-order valence-electron chi connectivity index (χ0n) is 10.8. The van der Waals surface area contributed by atoms with Gasteiger partial charge in [0.05, 0.1) is 7.11 Å². The third kappa shape index (κ3) is 2.74. The molecule has 1 aromatic rings. The van der Waals surface area contributed by atoms with Crippen molar-refractivity contribution in [2.75, 3.05) is 7.11 Å². The zero-order valence-corrected chi connectivity index (χ0v) is 11.5. The second-order valence-electron chi connectivity index (χ2n) is 5.03. The average Bonchev–Trinajstić information content (AvgIpc) is 2.69. The SMILES string of the molecule is COc1c(C)cnc(CC2CCC(Cl)C2)c1C. The summed E-state index contributed by atoms with van der Waals surface area (Å²) in [7, 11) is 1.73. The Labute approximate surface area is 108 Å². The first-order valence-electron chi connectivity index (χ1n) is 6.25. The molecule has 1 fully saturated rings. The molecule has 2 atom stereocenters. The molecule has 2 nitrogen and oxygen atoms in total. The van der Waals surface area contributed by atoms with E-state index >= 15 is 0 Å². The first-order valence-corrected chi connectivity index (χ1v) is 6.68. The molecule has 0 N–H and O–H groups in total. The van der Waals surface area contributed by atoms with Gasteiger partial charge in [0.15, 0.2) is 0 Å². The van der Waals surface area contributed by atoms with Crippen LogP contribution in [0.25, 0.3) is 0 Å². The van der Waals surface area contributed by atoms with Crippen LogP contribution in [0.1, 0.15) is 36.1 Å². The van der Waals surface area contributed by atoms with Crippen LogP contribution in [0, 0.1) is 19.8 Å². The Kier molecular flexibility index (Phi) is 3.93. The molecule has 0 amide bonds. The molecule has 2 rings (SSSR count). The lowest BCUT2D eigenvalue weighted by Gasteiger charge is -2.14. The maximum absolute atomic E-state index is 6.15. The van der Waals surface area contributed by atoms with Crippen LogP contribution in [-0.2, 0) is 6.42 Å². The van der Waals surface area contributed by atoms with Crippen LogP contribution in [0.4, 0.5) is 0 Å². The first-order chi connectivity index (χ1) is 8.11. The van der Waals surface area contributed by atoms with Crippen molar-refractivity contribution in [3.63, 3.8) is 0 Å². The van der Waals surface area contributed by atoms with E-state index in [1.807, 2.05) is 13.1 Å². The normalized spacial score (nSPS) is 24.0. The van der Waals surface area contributed by atoms with Gasteiger partial charge in [-0.3, -0.25) is 4.98 Å². The highest BCUT2D eigenvalue weighted by Crippen LogP contribution is 2.33. The first kappa shape index (κ1) is 12.7. The minimum Gasteiger partial charge on any atom is -0.496 e. The van der Waals surface area contributed by atoms with E-state index in [1.54, 1.807) is 7.11 Å². The van der Waals surface area contributed by atoms with E-state index < -0.39 is 0 Å². The van der Waals surface area contributed by atoms with E-state index in [0.717, 1.165) is 30.6 Å². The fourth-order valence-corrected chi connectivity index (χ4v) is 3.13. The van der Waals surface area contributed by atoms with Gasteiger partial charge in [-0.1, -0.05) is 0 Å². The van der Waals surface area contributed by atoms with Crippen molar-refractivity contribution in [1.29, 1.82) is 0 Å². The number of aromatic nitrogens is 1.